The Morgan fingerprint density at radius 1 is 1.10 bits per heavy atom. The highest BCUT2D eigenvalue weighted by atomic mass is 35.5. The lowest BCUT2D eigenvalue weighted by atomic mass is 9.91. The number of hydrazone groups is 1. The summed E-state index contributed by atoms with van der Waals surface area (Å²) in [6.45, 7) is 0.582. The zero-order chi connectivity index (χ0) is 13.9. The molecule has 0 saturated heterocycles. The van der Waals surface area contributed by atoms with Crippen molar-refractivity contribution in [3.05, 3.63) is 70.7 Å². The van der Waals surface area contributed by atoms with Crippen LogP contribution in [0.2, 0.25) is 5.02 Å². The molecule has 1 unspecified atom stereocenters. The van der Waals surface area contributed by atoms with E-state index in [9.17, 15) is 0 Å². The van der Waals surface area contributed by atoms with E-state index in [-0.39, 0.29) is 5.92 Å². The summed E-state index contributed by atoms with van der Waals surface area (Å²) in [5.41, 5.74) is 3.08. The minimum Gasteiger partial charge on any atom is -0.199 e. The number of hydrogen-bond acceptors (Lipinski definition) is 3. The van der Waals surface area contributed by atoms with Gasteiger partial charge in [0.2, 0.25) is 6.19 Å². The van der Waals surface area contributed by atoms with Crippen molar-refractivity contribution in [1.29, 1.82) is 5.26 Å². The molecule has 3 rings (SSSR count). The van der Waals surface area contributed by atoms with E-state index in [0.29, 0.717) is 11.6 Å². The van der Waals surface area contributed by atoms with Crippen LogP contribution in [0.25, 0.3) is 0 Å². The molecule has 1 aliphatic rings. The summed E-state index contributed by atoms with van der Waals surface area (Å²) in [7, 11) is 0. The average Bonchev–Trinajstić information content (AvgIpc) is 2.93. The van der Waals surface area contributed by atoms with Crippen LogP contribution in [0.4, 0.5) is 0 Å². The van der Waals surface area contributed by atoms with Crippen LogP contribution in [0.5, 0.6) is 0 Å². The van der Waals surface area contributed by atoms with Gasteiger partial charge in [-0.15, -0.1) is 0 Å². The van der Waals surface area contributed by atoms with Crippen molar-refractivity contribution in [1.82, 2.24) is 5.01 Å². The van der Waals surface area contributed by atoms with Crippen molar-refractivity contribution in [3.8, 4) is 6.19 Å². The van der Waals surface area contributed by atoms with Gasteiger partial charge >= 0.3 is 0 Å². The summed E-state index contributed by atoms with van der Waals surface area (Å²) >= 11 is 5.93. The van der Waals surface area contributed by atoms with Crippen LogP contribution in [0.3, 0.4) is 0 Å². The normalized spacial score (nSPS) is 17.7. The quantitative estimate of drug-likeness (QED) is 0.789. The van der Waals surface area contributed by atoms with E-state index < -0.39 is 0 Å². The predicted molar refractivity (Wildman–Crippen MR) is 79.5 cm³/mol. The lowest BCUT2D eigenvalue weighted by Gasteiger charge is -2.12. The van der Waals surface area contributed by atoms with E-state index in [1.54, 1.807) is 0 Å². The largest absolute Gasteiger partial charge is 0.201 e. The minimum absolute atomic E-state index is 0.108. The third-order valence-corrected chi connectivity index (χ3v) is 3.62. The highest BCUT2D eigenvalue weighted by molar-refractivity contribution is 6.30. The van der Waals surface area contributed by atoms with Crippen molar-refractivity contribution >= 4 is 17.3 Å². The van der Waals surface area contributed by atoms with Crippen LogP contribution >= 0.6 is 11.6 Å². The molecule has 0 radical (unpaired) electrons. The second kappa shape index (κ2) is 5.36. The van der Waals surface area contributed by atoms with Crippen LogP contribution < -0.4 is 0 Å². The molecule has 0 saturated carbocycles. The van der Waals surface area contributed by atoms with E-state index in [2.05, 4.69) is 23.4 Å². The Morgan fingerprint density at radius 3 is 2.45 bits per heavy atom. The monoisotopic (exact) mass is 281 g/mol. The summed E-state index contributed by atoms with van der Waals surface area (Å²) in [5.74, 6) is 0.108. The second-order valence-corrected chi connectivity index (χ2v) is 5.07. The first-order chi connectivity index (χ1) is 9.78. The smallest absolute Gasteiger partial charge is 0.199 e. The molecule has 1 aliphatic heterocycles. The van der Waals surface area contributed by atoms with Gasteiger partial charge in [-0.05, 0) is 23.3 Å². The molecule has 0 amide bonds. The van der Waals surface area contributed by atoms with Crippen molar-refractivity contribution in [3.63, 3.8) is 0 Å². The number of rotatable bonds is 2. The number of benzene rings is 2. The van der Waals surface area contributed by atoms with Gasteiger partial charge in [0.25, 0.3) is 0 Å². The molecular weight excluding hydrogens is 270 g/mol. The van der Waals surface area contributed by atoms with E-state index in [1.165, 1.54) is 10.6 Å². The van der Waals surface area contributed by atoms with E-state index >= 15 is 0 Å². The highest BCUT2D eigenvalue weighted by Crippen LogP contribution is 2.28. The fraction of sp³-hybridized carbons (Fsp3) is 0.125. The second-order valence-electron chi connectivity index (χ2n) is 4.64. The Bertz CT molecular complexity index is 671. The molecule has 98 valence electrons. The summed E-state index contributed by atoms with van der Waals surface area (Å²) in [5, 5.41) is 15.6. The average molecular weight is 282 g/mol. The van der Waals surface area contributed by atoms with Crippen LogP contribution in [-0.2, 0) is 0 Å². The first kappa shape index (κ1) is 12.7. The van der Waals surface area contributed by atoms with E-state index in [1.807, 2.05) is 42.5 Å². The Kier molecular flexibility index (Phi) is 3.41. The van der Waals surface area contributed by atoms with Gasteiger partial charge in [0.1, 0.15) is 0 Å². The Hall–Kier alpha value is -2.31. The fourth-order valence-corrected chi connectivity index (χ4v) is 2.52. The SMILES string of the molecule is N#CN1CC(c2ccccc2)C(c2ccc(Cl)cc2)=N1. The van der Waals surface area contributed by atoms with E-state index in [0.717, 1.165) is 11.3 Å². The number of nitriles is 1. The van der Waals surface area contributed by atoms with Crippen LogP contribution in [0.15, 0.2) is 59.7 Å². The minimum atomic E-state index is 0.108. The molecule has 2 aromatic rings. The molecule has 4 heteroatoms. The zero-order valence-corrected chi connectivity index (χ0v) is 11.5. The Labute approximate surface area is 122 Å². The molecule has 20 heavy (non-hydrogen) atoms. The Balaban J connectivity index is 2.01. The van der Waals surface area contributed by atoms with Crippen molar-refractivity contribution in [2.24, 2.45) is 5.10 Å². The Morgan fingerprint density at radius 2 is 1.80 bits per heavy atom. The number of nitrogens with zero attached hydrogens (tertiary/aromatic N) is 3. The molecule has 1 atom stereocenters. The molecule has 0 bridgehead atoms. The maximum absolute atomic E-state index is 9.09. The van der Waals surface area contributed by atoms with Gasteiger partial charge in [-0.25, -0.2) is 0 Å². The van der Waals surface area contributed by atoms with Gasteiger partial charge in [-0.3, -0.25) is 0 Å². The van der Waals surface area contributed by atoms with E-state index in [4.69, 9.17) is 16.9 Å². The first-order valence-electron chi connectivity index (χ1n) is 6.34. The van der Waals surface area contributed by atoms with Gasteiger partial charge < -0.3 is 0 Å². The molecular formula is C16H12ClN3. The van der Waals surface area contributed by atoms with Gasteiger partial charge in [0, 0.05) is 10.9 Å². The summed E-state index contributed by atoms with van der Waals surface area (Å²) in [4.78, 5) is 0. The molecule has 0 spiro atoms. The number of hydrogen-bond donors (Lipinski definition) is 0. The lowest BCUT2D eigenvalue weighted by Crippen LogP contribution is -2.15. The predicted octanol–water partition coefficient (Wildman–Crippen LogP) is 3.62. The van der Waals surface area contributed by atoms with Crippen LogP contribution in [0.1, 0.15) is 17.0 Å². The topological polar surface area (TPSA) is 39.4 Å². The molecule has 0 fully saturated rings. The molecule has 0 aliphatic carbocycles. The third kappa shape index (κ3) is 2.38. The third-order valence-electron chi connectivity index (χ3n) is 3.37. The molecule has 1 heterocycles. The molecule has 2 aromatic carbocycles. The number of halogens is 1. The summed E-state index contributed by atoms with van der Waals surface area (Å²) in [6, 6.07) is 17.7. The summed E-state index contributed by atoms with van der Waals surface area (Å²) < 4.78 is 0. The maximum Gasteiger partial charge on any atom is 0.201 e. The standard InChI is InChI=1S/C16H12ClN3/c17-14-8-6-13(7-9-14)16-15(10-20(11-18)19-16)12-4-2-1-3-5-12/h1-9,15H,10H2. The van der Waals surface area contributed by atoms with Gasteiger partial charge in [0.05, 0.1) is 12.3 Å². The van der Waals surface area contributed by atoms with Crippen LogP contribution in [-0.4, -0.2) is 17.3 Å². The molecule has 0 N–H and O–H groups in total. The van der Waals surface area contributed by atoms with Crippen molar-refractivity contribution in [2.45, 2.75) is 5.92 Å². The van der Waals surface area contributed by atoms with Crippen molar-refractivity contribution < 1.29 is 0 Å². The molecule has 0 aromatic heterocycles. The zero-order valence-electron chi connectivity index (χ0n) is 10.7. The van der Waals surface area contributed by atoms with Crippen LogP contribution in [0, 0.1) is 11.5 Å². The highest BCUT2D eigenvalue weighted by Gasteiger charge is 2.29. The lowest BCUT2D eigenvalue weighted by molar-refractivity contribution is 0.445. The van der Waals surface area contributed by atoms with Gasteiger partial charge in [0.15, 0.2) is 0 Å². The maximum atomic E-state index is 9.09. The summed E-state index contributed by atoms with van der Waals surface area (Å²) in [6.07, 6.45) is 2.09. The van der Waals surface area contributed by atoms with Gasteiger partial charge in [-0.1, -0.05) is 54.1 Å². The first-order valence-corrected chi connectivity index (χ1v) is 6.72. The van der Waals surface area contributed by atoms with Crippen molar-refractivity contribution in [2.75, 3.05) is 6.54 Å². The van der Waals surface area contributed by atoms with Gasteiger partial charge in [-0.2, -0.15) is 15.4 Å². The fourth-order valence-electron chi connectivity index (χ4n) is 2.39. The molecule has 3 nitrogen and oxygen atoms in total.